The van der Waals surface area contributed by atoms with Gasteiger partial charge in [0.2, 0.25) is 0 Å². The van der Waals surface area contributed by atoms with E-state index in [9.17, 15) is 0 Å². The van der Waals surface area contributed by atoms with Crippen molar-refractivity contribution in [2.24, 2.45) is 0 Å². The number of benzene rings is 6. The first kappa shape index (κ1) is 19.9. The summed E-state index contributed by atoms with van der Waals surface area (Å²) in [4.78, 5) is 2.27. The predicted molar refractivity (Wildman–Crippen MR) is 150 cm³/mol. The normalized spacial score (nSPS) is 11.6. The van der Waals surface area contributed by atoms with E-state index in [0.29, 0.717) is 0 Å². The molecule has 166 valence electrons. The maximum Gasteiger partial charge on any atom is 0.0542 e. The summed E-state index contributed by atoms with van der Waals surface area (Å²) in [6.45, 7) is 0. The van der Waals surface area contributed by atoms with Gasteiger partial charge in [0.05, 0.1) is 11.0 Å². The molecule has 7 aromatic rings. The Kier molecular flexibility index (Phi) is 4.40. The van der Waals surface area contributed by atoms with E-state index >= 15 is 0 Å². The van der Waals surface area contributed by atoms with Crippen LogP contribution in [0.4, 0.5) is 11.4 Å². The van der Waals surface area contributed by atoms with Crippen molar-refractivity contribution < 1.29 is 0 Å². The molecule has 0 spiro atoms. The lowest BCUT2D eigenvalue weighted by atomic mass is 10.1. The van der Waals surface area contributed by atoms with Gasteiger partial charge in [0.1, 0.15) is 0 Å². The summed E-state index contributed by atoms with van der Waals surface area (Å²) in [6, 6.07) is 46.0. The highest BCUT2D eigenvalue weighted by atomic mass is 15.1. The number of nitrogens with zero attached hydrogens (tertiary/aromatic N) is 2. The Labute approximate surface area is 204 Å². The fraction of sp³-hybridized carbons (Fsp3) is 0.0303. The molecule has 0 N–H and O–H groups in total. The molecular weight excluding hydrogens is 424 g/mol. The van der Waals surface area contributed by atoms with Crippen molar-refractivity contribution in [2.75, 3.05) is 11.9 Å². The molecule has 35 heavy (non-hydrogen) atoms. The van der Waals surface area contributed by atoms with Crippen LogP contribution in [0, 0.1) is 0 Å². The number of rotatable bonds is 3. The molecule has 0 saturated carbocycles. The minimum absolute atomic E-state index is 1.18. The van der Waals surface area contributed by atoms with Crippen molar-refractivity contribution in [1.29, 1.82) is 0 Å². The zero-order chi connectivity index (χ0) is 23.4. The van der Waals surface area contributed by atoms with Crippen molar-refractivity contribution in [3.63, 3.8) is 0 Å². The molecule has 1 aromatic heterocycles. The van der Waals surface area contributed by atoms with Gasteiger partial charge >= 0.3 is 0 Å². The van der Waals surface area contributed by atoms with Crippen LogP contribution in [0.15, 0.2) is 127 Å². The Morgan fingerprint density at radius 1 is 0.457 bits per heavy atom. The Morgan fingerprint density at radius 2 is 1.03 bits per heavy atom. The molecule has 0 aliphatic rings. The van der Waals surface area contributed by atoms with Crippen LogP contribution < -0.4 is 4.90 Å². The second-order valence-electron chi connectivity index (χ2n) is 9.18. The van der Waals surface area contributed by atoms with Crippen LogP contribution in [0.5, 0.6) is 0 Å². The topological polar surface area (TPSA) is 8.17 Å². The molecule has 7 rings (SSSR count). The first-order valence-corrected chi connectivity index (χ1v) is 12.0. The zero-order valence-electron chi connectivity index (χ0n) is 19.5. The van der Waals surface area contributed by atoms with Gasteiger partial charge in [-0.05, 0) is 70.1 Å². The van der Waals surface area contributed by atoms with Crippen LogP contribution in [-0.2, 0) is 0 Å². The highest BCUT2D eigenvalue weighted by molar-refractivity contribution is 6.10. The minimum Gasteiger partial charge on any atom is -0.345 e. The van der Waals surface area contributed by atoms with Crippen molar-refractivity contribution in [1.82, 2.24) is 4.57 Å². The van der Waals surface area contributed by atoms with Crippen molar-refractivity contribution in [3.05, 3.63) is 127 Å². The first-order valence-electron chi connectivity index (χ1n) is 12.0. The van der Waals surface area contributed by atoms with Crippen LogP contribution in [0.1, 0.15) is 0 Å². The average Bonchev–Trinajstić information content (AvgIpc) is 3.26. The van der Waals surface area contributed by atoms with Crippen LogP contribution in [0.3, 0.4) is 0 Å². The van der Waals surface area contributed by atoms with Gasteiger partial charge in [-0.15, -0.1) is 0 Å². The van der Waals surface area contributed by atoms with E-state index in [1.807, 2.05) is 0 Å². The molecule has 6 aromatic carbocycles. The summed E-state index contributed by atoms with van der Waals surface area (Å²) in [5.74, 6) is 0. The molecule has 0 aliphatic carbocycles. The lowest BCUT2D eigenvalue weighted by Crippen LogP contribution is -2.09. The van der Waals surface area contributed by atoms with E-state index in [0.717, 1.165) is 0 Å². The third kappa shape index (κ3) is 3.18. The van der Waals surface area contributed by atoms with E-state index in [1.165, 1.54) is 60.4 Å². The average molecular weight is 449 g/mol. The molecule has 0 unspecified atom stereocenters. The number of para-hydroxylation sites is 1. The van der Waals surface area contributed by atoms with Gasteiger partial charge < -0.3 is 9.47 Å². The van der Waals surface area contributed by atoms with Crippen molar-refractivity contribution in [3.8, 4) is 5.69 Å². The van der Waals surface area contributed by atoms with Gasteiger partial charge in [-0.25, -0.2) is 0 Å². The third-order valence-electron chi connectivity index (χ3n) is 7.16. The molecule has 2 heteroatoms. The van der Waals surface area contributed by atoms with Crippen molar-refractivity contribution in [2.45, 2.75) is 0 Å². The largest absolute Gasteiger partial charge is 0.345 e. The molecule has 0 aliphatic heterocycles. The summed E-state index contributed by atoms with van der Waals surface area (Å²) in [7, 11) is 2.15. The van der Waals surface area contributed by atoms with E-state index in [1.54, 1.807) is 0 Å². The number of fused-ring (bicyclic) bond motifs is 5. The fourth-order valence-corrected chi connectivity index (χ4v) is 5.30. The summed E-state index contributed by atoms with van der Waals surface area (Å²) < 4.78 is 2.39. The van der Waals surface area contributed by atoms with E-state index < -0.39 is 0 Å². The first-order chi connectivity index (χ1) is 17.3. The van der Waals surface area contributed by atoms with E-state index in [-0.39, 0.29) is 0 Å². The van der Waals surface area contributed by atoms with Crippen LogP contribution in [0.2, 0.25) is 0 Å². The maximum atomic E-state index is 2.39. The maximum absolute atomic E-state index is 2.39. The van der Waals surface area contributed by atoms with Gasteiger partial charge in [0, 0.05) is 34.9 Å². The Hall–Kier alpha value is -4.56. The quantitative estimate of drug-likeness (QED) is 0.262. The minimum atomic E-state index is 1.18. The van der Waals surface area contributed by atoms with Gasteiger partial charge in [0.25, 0.3) is 0 Å². The fourth-order valence-electron chi connectivity index (χ4n) is 5.30. The van der Waals surface area contributed by atoms with Gasteiger partial charge in [0.15, 0.2) is 0 Å². The number of hydrogen-bond acceptors (Lipinski definition) is 1. The molecule has 0 bridgehead atoms. The standard InChI is InChI=1S/C33H24N2/c1-34(27-16-14-23-8-2-4-10-25(23)20-27)28-18-19-33-31(22-28)30-12-6-7-13-32(30)35(33)29-17-15-24-9-3-5-11-26(24)21-29/h2-22H,1H3. The third-order valence-corrected chi connectivity index (χ3v) is 7.16. The molecule has 2 nitrogen and oxygen atoms in total. The Morgan fingerprint density at radius 3 is 1.83 bits per heavy atom. The zero-order valence-corrected chi connectivity index (χ0v) is 19.5. The summed E-state index contributed by atoms with van der Waals surface area (Å²) in [6.07, 6.45) is 0. The lowest BCUT2D eigenvalue weighted by Gasteiger charge is -2.20. The molecule has 1 heterocycles. The van der Waals surface area contributed by atoms with Crippen LogP contribution >= 0.6 is 0 Å². The predicted octanol–water partition coefficient (Wildman–Crippen LogP) is 8.86. The highest BCUT2D eigenvalue weighted by Gasteiger charge is 2.14. The van der Waals surface area contributed by atoms with Gasteiger partial charge in [-0.3, -0.25) is 0 Å². The molecule has 0 fully saturated rings. The second-order valence-corrected chi connectivity index (χ2v) is 9.18. The Balaban J connectivity index is 1.41. The van der Waals surface area contributed by atoms with E-state index in [4.69, 9.17) is 0 Å². The summed E-state index contributed by atoms with van der Waals surface area (Å²) in [5, 5.41) is 7.56. The Bertz CT molecular complexity index is 1880. The molecule has 0 saturated heterocycles. The van der Waals surface area contributed by atoms with Crippen LogP contribution in [-0.4, -0.2) is 11.6 Å². The lowest BCUT2D eigenvalue weighted by molar-refractivity contribution is 1.18. The molecule has 0 radical (unpaired) electrons. The van der Waals surface area contributed by atoms with Gasteiger partial charge in [-0.2, -0.15) is 0 Å². The SMILES string of the molecule is CN(c1ccc2ccccc2c1)c1ccc2c(c1)c1ccccc1n2-c1ccc2ccccc2c1. The number of aromatic nitrogens is 1. The highest BCUT2D eigenvalue weighted by Crippen LogP contribution is 2.36. The summed E-state index contributed by atoms with van der Waals surface area (Å²) >= 11 is 0. The smallest absolute Gasteiger partial charge is 0.0542 e. The van der Waals surface area contributed by atoms with Gasteiger partial charge in [-0.1, -0.05) is 78.9 Å². The number of hydrogen-bond donors (Lipinski definition) is 0. The molecule has 0 amide bonds. The monoisotopic (exact) mass is 448 g/mol. The van der Waals surface area contributed by atoms with E-state index in [2.05, 4.69) is 144 Å². The van der Waals surface area contributed by atoms with Crippen LogP contribution in [0.25, 0.3) is 49.0 Å². The summed E-state index contributed by atoms with van der Waals surface area (Å²) in [5.41, 5.74) is 5.99. The molecule has 0 atom stereocenters. The second kappa shape index (κ2) is 7.75. The molecular formula is C33H24N2. The number of anilines is 2. The van der Waals surface area contributed by atoms with Crippen molar-refractivity contribution >= 4 is 54.7 Å².